The van der Waals surface area contributed by atoms with E-state index in [1.807, 2.05) is 0 Å². The Morgan fingerprint density at radius 1 is 0.667 bits per heavy atom. The number of benzene rings is 4. The van der Waals surface area contributed by atoms with E-state index in [4.69, 9.17) is 0 Å². The largest absolute Gasteiger partial charge is 0.147 e. The standard InChI is InChI=1S/C23H27.C22H25.2CH3.2ClH.H2Si.Zr/c1-6-7-17-14-21-16(2)8-13-20(22(21)15-17)18-9-11-19(12-10-18)23(3,4)5;1-15(2)18-13-17-7-6-8-20(21(17)14-18)16-9-11-19(12-10-16)22(3,4)5;;;;;;/h8-15H,6-7H2,1-5H3;6-15H,1-5H3;2*1H3;2*1H;1H2;. The van der Waals surface area contributed by atoms with Crippen molar-refractivity contribution in [2.75, 3.05) is 0 Å². The average molecular weight is 817 g/mol. The van der Waals surface area contributed by atoms with Crippen LogP contribution in [0.25, 0.3) is 34.4 Å². The van der Waals surface area contributed by atoms with E-state index in [9.17, 15) is 0 Å². The van der Waals surface area contributed by atoms with Crippen LogP contribution >= 0.6 is 24.8 Å². The molecule has 272 valence electrons. The summed E-state index contributed by atoms with van der Waals surface area (Å²) in [5.41, 5.74) is 19.6. The predicted octanol–water partition coefficient (Wildman–Crippen LogP) is 14.1. The van der Waals surface area contributed by atoms with E-state index in [2.05, 4.69) is 176 Å². The van der Waals surface area contributed by atoms with Crippen LogP contribution in [0.15, 0.2) is 90.0 Å². The molecule has 6 rings (SSSR count). The van der Waals surface area contributed by atoms with Crippen molar-refractivity contribution < 1.29 is 17.4 Å². The fourth-order valence-electron chi connectivity index (χ4n) is 9.28. The van der Waals surface area contributed by atoms with E-state index in [0.29, 0.717) is 13.2 Å². The van der Waals surface area contributed by atoms with Gasteiger partial charge in [0.25, 0.3) is 0 Å². The molecular formula is C47H62Cl2SiZr. The van der Waals surface area contributed by atoms with Crippen molar-refractivity contribution in [3.8, 4) is 22.3 Å². The normalized spacial score (nSPS) is 17.3. The molecule has 4 aromatic rings. The molecule has 0 nitrogen and oxygen atoms in total. The summed E-state index contributed by atoms with van der Waals surface area (Å²) < 4.78 is 6.66. The Bertz CT molecular complexity index is 2040. The van der Waals surface area contributed by atoms with Crippen LogP contribution in [0.5, 0.6) is 0 Å². The molecule has 2 aliphatic carbocycles. The van der Waals surface area contributed by atoms with Crippen molar-refractivity contribution in [3.05, 3.63) is 129 Å². The van der Waals surface area contributed by atoms with Crippen molar-refractivity contribution >= 4 is 43.8 Å². The zero-order valence-corrected chi connectivity index (χ0v) is 38.8. The summed E-state index contributed by atoms with van der Waals surface area (Å²) in [5.74, 6) is 0.499. The van der Waals surface area contributed by atoms with Crippen LogP contribution in [-0.2, 0) is 28.2 Å². The van der Waals surface area contributed by atoms with Crippen LogP contribution in [0.3, 0.4) is 0 Å². The van der Waals surface area contributed by atoms with E-state index in [0.717, 1.165) is 0 Å². The van der Waals surface area contributed by atoms with Crippen LogP contribution in [0.1, 0.15) is 121 Å². The van der Waals surface area contributed by atoms with Gasteiger partial charge in [0.1, 0.15) is 0 Å². The van der Waals surface area contributed by atoms with Gasteiger partial charge in [0, 0.05) is 0 Å². The molecule has 4 aromatic carbocycles. The molecule has 2 atom stereocenters. The smallest absolute Gasteiger partial charge is 0.147 e. The fraction of sp³-hybridized carbons (Fsp3) is 0.404. The topological polar surface area (TPSA) is 0 Å². The maximum absolute atomic E-state index is 3.77. The Hall–Kier alpha value is -1.96. The van der Waals surface area contributed by atoms with Crippen LogP contribution in [-0.4, -0.2) is 6.88 Å². The van der Waals surface area contributed by atoms with Crippen LogP contribution in [0, 0.1) is 12.8 Å². The van der Waals surface area contributed by atoms with Crippen molar-refractivity contribution in [3.63, 3.8) is 0 Å². The van der Waals surface area contributed by atoms with Crippen molar-refractivity contribution in [2.45, 2.75) is 109 Å². The molecule has 0 radical (unpaired) electrons. The molecule has 0 heterocycles. The fourth-order valence-corrected chi connectivity index (χ4v) is 29.2. The number of aryl methyl sites for hydroxylation is 1. The monoisotopic (exact) mass is 814 g/mol. The summed E-state index contributed by atoms with van der Waals surface area (Å²) >= 11 is -3.77. The molecule has 2 unspecified atom stereocenters. The molecule has 0 aromatic heterocycles. The van der Waals surface area contributed by atoms with Crippen LogP contribution in [0.2, 0.25) is 9.26 Å². The number of allylic oxidation sites excluding steroid dienone is 2. The molecule has 2 aliphatic rings. The Labute approximate surface area is 325 Å². The van der Waals surface area contributed by atoms with Gasteiger partial charge in [0.2, 0.25) is 0 Å². The third-order valence-electron chi connectivity index (χ3n) is 11.8. The first-order valence-electron chi connectivity index (χ1n) is 18.8. The van der Waals surface area contributed by atoms with Crippen molar-refractivity contribution in [1.29, 1.82) is 0 Å². The third-order valence-corrected chi connectivity index (χ3v) is 29.2. The van der Waals surface area contributed by atoms with Gasteiger partial charge in [0.05, 0.1) is 0 Å². The molecular weight excluding hydrogens is 755 g/mol. The van der Waals surface area contributed by atoms with Gasteiger partial charge < -0.3 is 0 Å². The summed E-state index contributed by atoms with van der Waals surface area (Å²) in [7, 11) is 0. The number of halogens is 2. The Kier molecular flexibility index (Phi) is 12.0. The Balaban J connectivity index is 0.00000292. The predicted molar refractivity (Wildman–Crippen MR) is 232 cm³/mol. The number of hydrogen-bond donors (Lipinski definition) is 0. The SMILES string of the molecule is CCCC1=Cc2c(-c3ccc(C(C)(C)C)cc3)ccc(C)c2[CH]1[Zr]([CH3])([CH3])(=[SiH2])[CH]1C(C(C)C)=Cc2c(-c3ccc(C(C)(C)C)cc3)cccc21.Cl.Cl. The molecule has 0 aliphatic heterocycles. The Morgan fingerprint density at radius 2 is 1.18 bits per heavy atom. The second-order valence-corrected chi connectivity index (χ2v) is 49.3. The molecule has 0 saturated carbocycles. The minimum atomic E-state index is -3.77. The summed E-state index contributed by atoms with van der Waals surface area (Å²) in [5, 5.41) is 0. The quantitative estimate of drug-likeness (QED) is 0.163. The minimum Gasteiger partial charge on any atom is -0.147 e. The number of fused-ring (bicyclic) bond motifs is 2. The molecule has 4 heteroatoms. The first-order valence-corrected chi connectivity index (χ1v) is 32.5. The van der Waals surface area contributed by atoms with Crippen LogP contribution in [0.4, 0.5) is 0 Å². The zero-order chi connectivity index (χ0) is 35.7. The van der Waals surface area contributed by atoms with Crippen molar-refractivity contribution in [2.24, 2.45) is 5.92 Å². The van der Waals surface area contributed by atoms with Gasteiger partial charge >= 0.3 is 303 Å². The Morgan fingerprint density at radius 3 is 1.65 bits per heavy atom. The molecule has 0 spiro atoms. The average Bonchev–Trinajstić information content (AvgIpc) is 3.62. The molecule has 0 bridgehead atoms. The summed E-state index contributed by atoms with van der Waals surface area (Å²) in [4.78, 5) is 0. The van der Waals surface area contributed by atoms with E-state index >= 15 is 0 Å². The van der Waals surface area contributed by atoms with Gasteiger partial charge in [-0.1, -0.05) is 0 Å². The van der Waals surface area contributed by atoms with Gasteiger partial charge in [0.15, 0.2) is 0 Å². The molecule has 0 N–H and O–H groups in total. The second kappa shape index (κ2) is 14.7. The van der Waals surface area contributed by atoms with Gasteiger partial charge in [-0.05, 0) is 0 Å². The molecule has 0 fully saturated rings. The molecule has 0 amide bonds. The second-order valence-electron chi connectivity index (χ2n) is 18.8. The zero-order valence-electron chi connectivity index (χ0n) is 33.3. The summed E-state index contributed by atoms with van der Waals surface area (Å²) in [6, 6.07) is 30.9. The van der Waals surface area contributed by atoms with Gasteiger partial charge in [-0.25, -0.2) is 0 Å². The maximum atomic E-state index is 2.81. The van der Waals surface area contributed by atoms with E-state index in [-0.39, 0.29) is 35.6 Å². The van der Waals surface area contributed by atoms with E-state index in [1.165, 1.54) is 62.9 Å². The maximum Gasteiger partial charge on any atom is -0.147 e. The number of rotatable bonds is 7. The van der Waals surface area contributed by atoms with Gasteiger partial charge in [-0.15, -0.1) is 24.8 Å². The van der Waals surface area contributed by atoms with Crippen molar-refractivity contribution in [1.82, 2.24) is 0 Å². The first-order chi connectivity index (χ1) is 22.8. The summed E-state index contributed by atoms with van der Waals surface area (Å²) in [6.07, 6.45) is 7.64. The van der Waals surface area contributed by atoms with Gasteiger partial charge in [-0.2, -0.15) is 0 Å². The first kappa shape index (κ1) is 41.8. The molecule has 51 heavy (non-hydrogen) atoms. The van der Waals surface area contributed by atoms with Crippen LogP contribution < -0.4 is 0 Å². The van der Waals surface area contributed by atoms with Gasteiger partial charge in [-0.3, -0.25) is 0 Å². The van der Waals surface area contributed by atoms with E-state index < -0.39 is 17.4 Å². The van der Waals surface area contributed by atoms with E-state index in [1.54, 1.807) is 22.3 Å². The molecule has 0 saturated heterocycles. The minimum absolute atomic E-state index is 0. The number of hydrogen-bond acceptors (Lipinski definition) is 0. The third kappa shape index (κ3) is 7.56. The summed E-state index contributed by atoms with van der Waals surface area (Å²) in [6.45, 7) is 25.9.